The third kappa shape index (κ3) is 4.73. The Morgan fingerprint density at radius 1 is 1.14 bits per heavy atom. The van der Waals surface area contributed by atoms with Gasteiger partial charge in [0.2, 0.25) is 0 Å². The Hall–Kier alpha value is -2.34. The van der Waals surface area contributed by atoms with Crippen LogP contribution in [0.3, 0.4) is 0 Å². The van der Waals surface area contributed by atoms with Crippen LogP contribution in [-0.4, -0.2) is 42.9 Å². The van der Waals surface area contributed by atoms with Gasteiger partial charge in [-0.3, -0.25) is 4.79 Å². The molecule has 6 heteroatoms. The maximum atomic E-state index is 13.3. The van der Waals surface area contributed by atoms with Gasteiger partial charge in [-0.1, -0.05) is 42.5 Å². The SMILES string of the molecule is Cc1cccc(O[C@@H](C)C(=O)N(Cc2ccccc2)[C@@H]2CCS(=O)(=O)C2)c1C. The van der Waals surface area contributed by atoms with Crippen LogP contribution in [0.25, 0.3) is 0 Å². The number of carbonyl (C=O) groups is 1. The lowest BCUT2D eigenvalue weighted by molar-refractivity contribution is -0.140. The van der Waals surface area contributed by atoms with Gasteiger partial charge in [0.25, 0.3) is 5.91 Å². The molecule has 0 N–H and O–H groups in total. The molecule has 28 heavy (non-hydrogen) atoms. The zero-order valence-electron chi connectivity index (χ0n) is 16.6. The highest BCUT2D eigenvalue weighted by atomic mass is 32.2. The minimum absolute atomic E-state index is 0.0156. The fourth-order valence-corrected chi connectivity index (χ4v) is 5.25. The van der Waals surface area contributed by atoms with Gasteiger partial charge in [-0.15, -0.1) is 0 Å². The predicted octanol–water partition coefficient (Wildman–Crippen LogP) is 3.29. The van der Waals surface area contributed by atoms with Gasteiger partial charge in [0.1, 0.15) is 5.75 Å². The molecule has 0 unspecified atom stereocenters. The Labute approximate surface area is 167 Å². The Bertz CT molecular complexity index is 940. The van der Waals surface area contributed by atoms with Crippen LogP contribution in [-0.2, 0) is 21.2 Å². The molecule has 0 bridgehead atoms. The van der Waals surface area contributed by atoms with Crippen LogP contribution in [0.4, 0.5) is 0 Å². The van der Waals surface area contributed by atoms with Gasteiger partial charge in [-0.2, -0.15) is 0 Å². The molecule has 1 aliphatic heterocycles. The molecule has 2 atom stereocenters. The molecule has 150 valence electrons. The van der Waals surface area contributed by atoms with Crippen molar-refractivity contribution < 1.29 is 17.9 Å². The summed E-state index contributed by atoms with van der Waals surface area (Å²) in [6.45, 7) is 6.07. The second-order valence-corrected chi connectivity index (χ2v) is 9.70. The van der Waals surface area contributed by atoms with Gasteiger partial charge in [0.15, 0.2) is 15.9 Å². The van der Waals surface area contributed by atoms with Gasteiger partial charge >= 0.3 is 0 Å². The van der Waals surface area contributed by atoms with E-state index in [1.807, 2.05) is 62.4 Å². The summed E-state index contributed by atoms with van der Waals surface area (Å²) in [7, 11) is -3.10. The lowest BCUT2D eigenvalue weighted by Crippen LogP contribution is -2.46. The average Bonchev–Trinajstić information content (AvgIpc) is 3.03. The Balaban J connectivity index is 1.82. The Morgan fingerprint density at radius 2 is 1.86 bits per heavy atom. The molecule has 1 saturated heterocycles. The Morgan fingerprint density at radius 3 is 2.50 bits per heavy atom. The molecule has 5 nitrogen and oxygen atoms in total. The first-order valence-corrected chi connectivity index (χ1v) is 11.4. The molecule has 0 aromatic heterocycles. The van der Waals surface area contributed by atoms with Gasteiger partial charge in [0.05, 0.1) is 11.5 Å². The number of hydrogen-bond acceptors (Lipinski definition) is 4. The number of nitrogens with zero attached hydrogens (tertiary/aromatic N) is 1. The van der Waals surface area contributed by atoms with Crippen molar-refractivity contribution in [2.75, 3.05) is 11.5 Å². The fourth-order valence-electron chi connectivity index (χ4n) is 3.51. The summed E-state index contributed by atoms with van der Waals surface area (Å²) in [5.74, 6) is 0.635. The summed E-state index contributed by atoms with van der Waals surface area (Å²) in [4.78, 5) is 14.9. The van der Waals surface area contributed by atoms with Crippen molar-refractivity contribution in [3.05, 3.63) is 65.2 Å². The van der Waals surface area contributed by atoms with Gasteiger partial charge in [0, 0.05) is 12.6 Å². The van der Waals surface area contributed by atoms with Crippen LogP contribution < -0.4 is 4.74 Å². The van der Waals surface area contributed by atoms with Crippen molar-refractivity contribution in [1.29, 1.82) is 0 Å². The summed E-state index contributed by atoms with van der Waals surface area (Å²) in [5.41, 5.74) is 3.07. The molecule has 2 aromatic rings. The van der Waals surface area contributed by atoms with Crippen LogP contribution in [0, 0.1) is 13.8 Å². The van der Waals surface area contributed by atoms with Gasteiger partial charge < -0.3 is 9.64 Å². The van der Waals surface area contributed by atoms with E-state index in [-0.39, 0.29) is 23.5 Å². The molecule has 1 heterocycles. The van der Waals surface area contributed by atoms with Crippen molar-refractivity contribution in [2.45, 2.75) is 45.9 Å². The van der Waals surface area contributed by atoms with E-state index >= 15 is 0 Å². The summed E-state index contributed by atoms with van der Waals surface area (Å²) in [6, 6.07) is 15.1. The number of rotatable bonds is 6. The van der Waals surface area contributed by atoms with E-state index in [2.05, 4.69) is 0 Å². The largest absolute Gasteiger partial charge is 0.481 e. The third-order valence-corrected chi connectivity index (χ3v) is 7.08. The van der Waals surface area contributed by atoms with Crippen LogP contribution in [0.5, 0.6) is 5.75 Å². The van der Waals surface area contributed by atoms with Crippen molar-refractivity contribution in [1.82, 2.24) is 4.90 Å². The minimum atomic E-state index is -3.10. The lowest BCUT2D eigenvalue weighted by atomic mass is 10.1. The van der Waals surface area contributed by atoms with Gasteiger partial charge in [-0.05, 0) is 49.9 Å². The average molecular weight is 402 g/mol. The maximum absolute atomic E-state index is 13.3. The monoisotopic (exact) mass is 401 g/mol. The van der Waals surface area contributed by atoms with Gasteiger partial charge in [-0.25, -0.2) is 8.42 Å². The number of ether oxygens (including phenoxy) is 1. The summed E-state index contributed by atoms with van der Waals surface area (Å²) < 4.78 is 30.0. The first-order valence-electron chi connectivity index (χ1n) is 9.54. The number of benzene rings is 2. The number of carbonyl (C=O) groups excluding carboxylic acids is 1. The highest BCUT2D eigenvalue weighted by molar-refractivity contribution is 7.91. The summed E-state index contributed by atoms with van der Waals surface area (Å²) >= 11 is 0. The zero-order chi connectivity index (χ0) is 20.3. The van der Waals surface area contributed by atoms with E-state index in [1.165, 1.54) is 0 Å². The van der Waals surface area contributed by atoms with Crippen LogP contribution in [0.1, 0.15) is 30.0 Å². The molecule has 0 saturated carbocycles. The van der Waals surface area contributed by atoms with E-state index in [1.54, 1.807) is 11.8 Å². The first-order chi connectivity index (χ1) is 13.3. The standard InChI is InChI=1S/C22H27NO4S/c1-16-8-7-11-21(17(16)2)27-18(3)22(24)23(14-19-9-5-4-6-10-19)20-12-13-28(25,26)15-20/h4-11,18,20H,12-15H2,1-3H3/t18-,20+/m0/s1. The fraction of sp³-hybridized carbons (Fsp3) is 0.409. The molecule has 1 fully saturated rings. The molecule has 1 aliphatic rings. The van der Waals surface area contributed by atoms with E-state index in [9.17, 15) is 13.2 Å². The lowest BCUT2D eigenvalue weighted by Gasteiger charge is -2.31. The first kappa shape index (κ1) is 20.4. The molecule has 3 rings (SSSR count). The number of aryl methyl sites for hydroxylation is 1. The second-order valence-electron chi connectivity index (χ2n) is 7.47. The Kier molecular flexibility index (Phi) is 6.08. The summed E-state index contributed by atoms with van der Waals surface area (Å²) in [5, 5.41) is 0. The summed E-state index contributed by atoms with van der Waals surface area (Å²) in [6.07, 6.45) is -0.232. The normalized spacial score (nSPS) is 19.2. The topological polar surface area (TPSA) is 63.7 Å². The second kappa shape index (κ2) is 8.35. The smallest absolute Gasteiger partial charge is 0.263 e. The number of amides is 1. The molecular formula is C22H27NO4S. The zero-order valence-corrected chi connectivity index (χ0v) is 17.4. The number of hydrogen-bond donors (Lipinski definition) is 0. The number of sulfone groups is 1. The van der Waals surface area contributed by atoms with Crippen molar-refractivity contribution >= 4 is 15.7 Å². The van der Waals surface area contributed by atoms with Crippen LogP contribution >= 0.6 is 0 Å². The molecule has 0 aliphatic carbocycles. The van der Waals surface area contributed by atoms with Crippen molar-refractivity contribution in [2.24, 2.45) is 0 Å². The highest BCUT2D eigenvalue weighted by Gasteiger charge is 2.36. The van der Waals surface area contributed by atoms with Crippen molar-refractivity contribution in [3.63, 3.8) is 0 Å². The van der Waals surface area contributed by atoms with Crippen LogP contribution in [0.2, 0.25) is 0 Å². The molecule has 2 aromatic carbocycles. The van der Waals surface area contributed by atoms with E-state index in [0.29, 0.717) is 18.7 Å². The maximum Gasteiger partial charge on any atom is 0.263 e. The molecule has 0 radical (unpaired) electrons. The van der Waals surface area contributed by atoms with Crippen LogP contribution in [0.15, 0.2) is 48.5 Å². The van der Waals surface area contributed by atoms with Crippen molar-refractivity contribution in [3.8, 4) is 5.75 Å². The predicted molar refractivity (Wildman–Crippen MR) is 110 cm³/mol. The van der Waals surface area contributed by atoms with E-state index < -0.39 is 15.9 Å². The van der Waals surface area contributed by atoms with E-state index in [0.717, 1.165) is 16.7 Å². The molecular weight excluding hydrogens is 374 g/mol. The third-order valence-electron chi connectivity index (χ3n) is 5.33. The minimum Gasteiger partial charge on any atom is -0.481 e. The van der Waals surface area contributed by atoms with E-state index in [4.69, 9.17) is 4.74 Å². The molecule has 1 amide bonds. The highest BCUT2D eigenvalue weighted by Crippen LogP contribution is 2.25. The molecule has 0 spiro atoms. The quantitative estimate of drug-likeness (QED) is 0.745.